The van der Waals surface area contributed by atoms with Crippen LogP contribution in [0.15, 0.2) is 0 Å². The zero-order chi connectivity index (χ0) is 9.68. The number of aryl methyl sites for hydroxylation is 1. The summed E-state index contributed by atoms with van der Waals surface area (Å²) in [7, 11) is 0. The van der Waals surface area contributed by atoms with Gasteiger partial charge < -0.3 is 0 Å². The van der Waals surface area contributed by atoms with Gasteiger partial charge in [-0.05, 0) is 12.8 Å². The third-order valence-corrected chi connectivity index (χ3v) is 1.33. The number of hydrogen-bond acceptors (Lipinski definition) is 3. The topological polar surface area (TPSA) is 70.7 Å². The molecule has 1 rings (SSSR count). The summed E-state index contributed by atoms with van der Waals surface area (Å²) in [6.45, 7) is 3.53. The van der Waals surface area contributed by atoms with Crippen molar-refractivity contribution in [2.45, 2.75) is 20.3 Å². The monoisotopic (exact) mass is 178 g/mol. The second-order valence-corrected chi connectivity index (χ2v) is 2.29. The van der Waals surface area contributed by atoms with Crippen LogP contribution < -0.4 is 5.32 Å². The van der Waals surface area contributed by atoms with Crippen molar-refractivity contribution in [1.29, 1.82) is 0 Å². The van der Waals surface area contributed by atoms with Gasteiger partial charge in [-0.1, -0.05) is 12.8 Å². The summed E-state index contributed by atoms with van der Waals surface area (Å²) in [5.74, 6) is 5.41. The van der Waals surface area contributed by atoms with Crippen LogP contribution >= 0.6 is 0 Å². The zero-order valence-corrected chi connectivity index (χ0v) is 7.51. The van der Waals surface area contributed by atoms with Gasteiger partial charge >= 0.3 is 5.91 Å². The van der Waals surface area contributed by atoms with Crippen LogP contribution in [0.25, 0.3) is 0 Å². The number of nitrogens with one attached hydrogen (secondary N) is 2. The van der Waals surface area contributed by atoms with Crippen molar-refractivity contribution in [2.24, 2.45) is 0 Å². The van der Waals surface area contributed by atoms with Crippen molar-refractivity contribution in [1.82, 2.24) is 15.2 Å². The van der Waals surface area contributed by atoms with Crippen LogP contribution in [-0.4, -0.2) is 21.1 Å². The summed E-state index contributed by atoms with van der Waals surface area (Å²) in [5, 5.41) is 8.88. The maximum Gasteiger partial charge on any atom is 0.302 e. The summed E-state index contributed by atoms with van der Waals surface area (Å²) >= 11 is 0. The van der Waals surface area contributed by atoms with E-state index in [9.17, 15) is 4.79 Å². The van der Waals surface area contributed by atoms with Crippen LogP contribution in [0.5, 0.6) is 0 Å². The van der Waals surface area contributed by atoms with Crippen molar-refractivity contribution in [3.8, 4) is 11.8 Å². The lowest BCUT2D eigenvalue weighted by atomic mass is 10.5. The Kier molecular flexibility index (Phi) is 3.03. The van der Waals surface area contributed by atoms with Crippen molar-refractivity contribution >= 4 is 11.9 Å². The van der Waals surface area contributed by atoms with Crippen molar-refractivity contribution in [3.63, 3.8) is 0 Å². The maximum absolute atomic E-state index is 10.9. The minimum atomic E-state index is -0.399. The molecule has 0 aromatic carbocycles. The molecule has 0 bridgehead atoms. The van der Waals surface area contributed by atoms with E-state index in [1.54, 1.807) is 6.92 Å². The molecule has 0 fully saturated rings. The summed E-state index contributed by atoms with van der Waals surface area (Å²) in [6.07, 6.45) is 0.752. The molecular weight excluding hydrogens is 168 g/mol. The number of amides is 1. The third-order valence-electron chi connectivity index (χ3n) is 1.33. The molecule has 2 N–H and O–H groups in total. The van der Waals surface area contributed by atoms with E-state index in [4.69, 9.17) is 0 Å². The molecule has 0 spiro atoms. The van der Waals surface area contributed by atoms with Crippen LogP contribution in [0.1, 0.15) is 19.7 Å². The van der Waals surface area contributed by atoms with Gasteiger partial charge in [-0.25, -0.2) is 0 Å². The highest BCUT2D eigenvalue weighted by Gasteiger charge is 2.03. The number of aromatic nitrogens is 3. The second kappa shape index (κ2) is 4.26. The summed E-state index contributed by atoms with van der Waals surface area (Å²) in [5.41, 5.74) is 0. The van der Waals surface area contributed by atoms with Gasteiger partial charge in [0.15, 0.2) is 0 Å². The summed E-state index contributed by atoms with van der Waals surface area (Å²) in [4.78, 5) is 14.9. The van der Waals surface area contributed by atoms with E-state index in [0.717, 1.165) is 12.2 Å². The Morgan fingerprint density at radius 1 is 1.69 bits per heavy atom. The number of nitrogens with zero attached hydrogens (tertiary/aromatic N) is 2. The molecule has 1 amide bonds. The number of carbonyl (C=O) groups excluding carboxylic acids is 1. The van der Waals surface area contributed by atoms with Gasteiger partial charge in [-0.15, -0.1) is 5.10 Å². The van der Waals surface area contributed by atoms with Gasteiger partial charge in [-0.2, -0.15) is 4.98 Å². The number of rotatable bonds is 2. The number of H-pyrrole nitrogens is 1. The summed E-state index contributed by atoms with van der Waals surface area (Å²) in [6, 6.07) is 0. The minimum absolute atomic E-state index is 0.268. The molecule has 5 heteroatoms. The number of aromatic amines is 1. The molecule has 0 aliphatic heterocycles. The Morgan fingerprint density at radius 3 is 3.00 bits per heavy atom. The van der Waals surface area contributed by atoms with E-state index >= 15 is 0 Å². The normalized spacial score (nSPS) is 8.77. The lowest BCUT2D eigenvalue weighted by molar-refractivity contribution is -0.111. The van der Waals surface area contributed by atoms with Gasteiger partial charge in [0, 0.05) is 6.42 Å². The van der Waals surface area contributed by atoms with Crippen molar-refractivity contribution < 1.29 is 4.79 Å². The van der Waals surface area contributed by atoms with Gasteiger partial charge in [0.25, 0.3) is 0 Å². The lowest BCUT2D eigenvalue weighted by Crippen LogP contribution is -2.09. The first-order valence-corrected chi connectivity index (χ1v) is 3.91. The average molecular weight is 178 g/mol. The van der Waals surface area contributed by atoms with Crippen LogP contribution in [0.3, 0.4) is 0 Å². The van der Waals surface area contributed by atoms with Crippen molar-refractivity contribution in [2.75, 3.05) is 5.32 Å². The highest BCUT2D eigenvalue weighted by atomic mass is 16.1. The largest absolute Gasteiger partial charge is 0.302 e. The average Bonchev–Trinajstić information content (AvgIpc) is 2.52. The fourth-order valence-electron chi connectivity index (χ4n) is 0.756. The van der Waals surface area contributed by atoms with Crippen LogP contribution in [0.2, 0.25) is 0 Å². The molecule has 1 aromatic heterocycles. The molecule has 5 nitrogen and oxygen atoms in total. The molecule has 0 aliphatic carbocycles. The van der Waals surface area contributed by atoms with Gasteiger partial charge in [0.2, 0.25) is 5.95 Å². The van der Waals surface area contributed by atoms with Crippen LogP contribution in [-0.2, 0) is 11.2 Å². The lowest BCUT2D eigenvalue weighted by Gasteiger charge is -1.90. The van der Waals surface area contributed by atoms with Crippen LogP contribution in [0, 0.1) is 11.8 Å². The fraction of sp³-hybridized carbons (Fsp3) is 0.375. The number of anilines is 1. The van der Waals surface area contributed by atoms with Gasteiger partial charge in [-0.3, -0.25) is 15.2 Å². The van der Waals surface area contributed by atoms with E-state index in [1.807, 2.05) is 6.92 Å². The first-order chi connectivity index (χ1) is 6.26. The fourth-order valence-corrected chi connectivity index (χ4v) is 0.756. The second-order valence-electron chi connectivity index (χ2n) is 2.29. The van der Waals surface area contributed by atoms with Crippen LogP contribution in [0.4, 0.5) is 5.95 Å². The van der Waals surface area contributed by atoms with E-state index in [2.05, 4.69) is 32.3 Å². The smallest absolute Gasteiger partial charge is 0.282 e. The first kappa shape index (κ1) is 9.26. The molecule has 0 radical (unpaired) electrons. The Hall–Kier alpha value is -1.83. The standard InChI is InChI=1S/C8H10N4O/c1-3-5-7(13)10-8-9-6(4-2)11-12-8/h4H2,1-2H3,(H2,9,10,11,12,13). The van der Waals surface area contributed by atoms with E-state index < -0.39 is 5.91 Å². The first-order valence-electron chi connectivity index (χ1n) is 3.91. The molecule has 0 aliphatic rings. The third kappa shape index (κ3) is 2.60. The Labute approximate surface area is 75.9 Å². The molecule has 68 valence electrons. The predicted molar refractivity (Wildman–Crippen MR) is 47.8 cm³/mol. The number of hydrogen-bond donors (Lipinski definition) is 2. The van der Waals surface area contributed by atoms with E-state index in [-0.39, 0.29) is 5.95 Å². The Morgan fingerprint density at radius 2 is 2.46 bits per heavy atom. The van der Waals surface area contributed by atoms with Gasteiger partial charge in [0.1, 0.15) is 5.82 Å². The van der Waals surface area contributed by atoms with E-state index in [1.165, 1.54) is 0 Å². The molecular formula is C8H10N4O. The highest BCUT2D eigenvalue weighted by molar-refractivity contribution is 6.02. The maximum atomic E-state index is 10.9. The molecule has 0 saturated heterocycles. The van der Waals surface area contributed by atoms with Gasteiger partial charge in [0.05, 0.1) is 0 Å². The predicted octanol–water partition coefficient (Wildman–Crippen LogP) is 0.329. The molecule has 1 aromatic rings. The van der Waals surface area contributed by atoms with Crippen molar-refractivity contribution in [3.05, 3.63) is 5.82 Å². The van der Waals surface area contributed by atoms with E-state index in [0.29, 0.717) is 0 Å². The number of carbonyl (C=O) groups is 1. The molecule has 13 heavy (non-hydrogen) atoms. The summed E-state index contributed by atoms with van der Waals surface area (Å²) < 4.78 is 0. The SMILES string of the molecule is CC#CC(=O)Nc1n[nH]c(CC)n1. The molecule has 0 unspecified atom stereocenters. The minimum Gasteiger partial charge on any atom is -0.282 e. The highest BCUT2D eigenvalue weighted by Crippen LogP contribution is 1.97. The quantitative estimate of drug-likeness (QED) is 0.641. The zero-order valence-electron chi connectivity index (χ0n) is 7.51. The molecule has 1 heterocycles. The molecule has 0 atom stereocenters. The molecule has 0 saturated carbocycles. The Bertz CT molecular complexity index is 358. The Balaban J connectivity index is 2.62.